The third-order valence-corrected chi connectivity index (χ3v) is 4.33. The Kier molecular flexibility index (Phi) is 3.92. The van der Waals surface area contributed by atoms with Crippen molar-refractivity contribution in [2.24, 2.45) is 0 Å². The zero-order chi connectivity index (χ0) is 12.3. The number of thiazole rings is 1. The molecular weight excluding hydrogens is 278 g/mol. The topological polar surface area (TPSA) is 93.8 Å². The fourth-order valence-corrected chi connectivity index (χ4v) is 3.39. The van der Waals surface area contributed by atoms with Gasteiger partial charge in [0, 0.05) is 18.1 Å². The number of nitrogens with zero attached hydrogens (tertiary/aromatic N) is 3. The number of amides is 1. The summed E-state index contributed by atoms with van der Waals surface area (Å²) in [7, 11) is 0. The molecule has 0 aliphatic heterocycles. The predicted molar refractivity (Wildman–Crippen MR) is 70.3 cm³/mol. The van der Waals surface area contributed by atoms with E-state index in [9.17, 15) is 4.79 Å². The largest absolute Gasteiger partial charge is 0.374 e. The van der Waals surface area contributed by atoms with Crippen LogP contribution in [0.5, 0.6) is 0 Å². The van der Waals surface area contributed by atoms with Crippen LogP contribution in [0.1, 0.15) is 12.6 Å². The Hall–Kier alpha value is -1.19. The first-order valence-electron chi connectivity index (χ1n) is 4.57. The van der Waals surface area contributed by atoms with Crippen molar-refractivity contribution in [3.63, 3.8) is 0 Å². The van der Waals surface area contributed by atoms with Crippen molar-refractivity contribution in [1.29, 1.82) is 0 Å². The van der Waals surface area contributed by atoms with Gasteiger partial charge in [0.1, 0.15) is 0 Å². The van der Waals surface area contributed by atoms with Gasteiger partial charge in [-0.1, -0.05) is 23.1 Å². The van der Waals surface area contributed by atoms with Crippen molar-refractivity contribution in [3.05, 3.63) is 11.1 Å². The lowest BCUT2D eigenvalue weighted by Gasteiger charge is -1.94. The average Bonchev–Trinajstić information content (AvgIpc) is 2.84. The summed E-state index contributed by atoms with van der Waals surface area (Å²) in [5.74, 6) is 0.570. The Morgan fingerprint density at radius 1 is 1.59 bits per heavy atom. The summed E-state index contributed by atoms with van der Waals surface area (Å²) in [6, 6.07) is 0. The highest BCUT2D eigenvalue weighted by Gasteiger charge is 2.06. The third-order valence-electron chi connectivity index (χ3n) is 1.60. The van der Waals surface area contributed by atoms with E-state index in [4.69, 9.17) is 5.73 Å². The Balaban J connectivity index is 1.91. The molecule has 0 atom stereocenters. The second kappa shape index (κ2) is 5.43. The molecule has 0 aromatic carbocycles. The first-order chi connectivity index (χ1) is 8.13. The van der Waals surface area contributed by atoms with Crippen LogP contribution in [0.3, 0.4) is 0 Å². The SMILES string of the molecule is CC(=O)Nc1nc(CSc2nnc(N)s2)cs1. The van der Waals surface area contributed by atoms with E-state index < -0.39 is 0 Å². The summed E-state index contributed by atoms with van der Waals surface area (Å²) in [6.45, 7) is 1.46. The Labute approximate surface area is 110 Å². The number of hydrogen-bond donors (Lipinski definition) is 2. The minimum Gasteiger partial charge on any atom is -0.374 e. The van der Waals surface area contributed by atoms with E-state index in [1.54, 1.807) is 0 Å². The maximum atomic E-state index is 10.8. The summed E-state index contributed by atoms with van der Waals surface area (Å²) in [6.07, 6.45) is 0. The van der Waals surface area contributed by atoms with Crippen molar-refractivity contribution in [2.45, 2.75) is 17.0 Å². The highest BCUT2D eigenvalue weighted by atomic mass is 32.2. The van der Waals surface area contributed by atoms with Gasteiger partial charge in [-0.15, -0.1) is 21.5 Å². The molecule has 1 amide bonds. The van der Waals surface area contributed by atoms with E-state index in [2.05, 4.69) is 20.5 Å². The van der Waals surface area contributed by atoms with Crippen LogP contribution in [0.25, 0.3) is 0 Å². The summed E-state index contributed by atoms with van der Waals surface area (Å²) >= 11 is 4.28. The quantitative estimate of drug-likeness (QED) is 0.833. The minimum absolute atomic E-state index is 0.115. The van der Waals surface area contributed by atoms with Crippen LogP contribution in [0.15, 0.2) is 9.72 Å². The molecule has 2 rings (SSSR count). The molecule has 0 aliphatic carbocycles. The van der Waals surface area contributed by atoms with Crippen molar-refractivity contribution < 1.29 is 4.79 Å². The number of rotatable bonds is 4. The number of hydrogen-bond acceptors (Lipinski definition) is 8. The van der Waals surface area contributed by atoms with Crippen molar-refractivity contribution >= 4 is 50.6 Å². The molecule has 0 saturated heterocycles. The van der Waals surface area contributed by atoms with E-state index >= 15 is 0 Å². The van der Waals surface area contributed by atoms with Crippen LogP contribution in [-0.2, 0) is 10.5 Å². The molecule has 9 heteroatoms. The molecule has 0 saturated carbocycles. The fraction of sp³-hybridized carbons (Fsp3) is 0.250. The molecule has 2 aromatic heterocycles. The van der Waals surface area contributed by atoms with Crippen LogP contribution in [0.4, 0.5) is 10.3 Å². The first kappa shape index (κ1) is 12.3. The zero-order valence-electron chi connectivity index (χ0n) is 8.84. The molecule has 0 unspecified atom stereocenters. The molecular formula is C8H9N5OS3. The lowest BCUT2D eigenvalue weighted by Crippen LogP contribution is -2.05. The molecule has 6 nitrogen and oxygen atoms in total. The van der Waals surface area contributed by atoms with Crippen molar-refractivity contribution in [1.82, 2.24) is 15.2 Å². The lowest BCUT2D eigenvalue weighted by atomic mass is 10.6. The molecule has 0 spiro atoms. The summed E-state index contributed by atoms with van der Waals surface area (Å²) in [5.41, 5.74) is 6.38. The third kappa shape index (κ3) is 3.65. The van der Waals surface area contributed by atoms with Gasteiger partial charge < -0.3 is 11.1 Å². The number of nitrogens with two attached hydrogens (primary N) is 1. The van der Waals surface area contributed by atoms with Gasteiger partial charge in [-0.25, -0.2) is 4.98 Å². The van der Waals surface area contributed by atoms with Gasteiger partial charge in [0.05, 0.1) is 5.69 Å². The van der Waals surface area contributed by atoms with Crippen LogP contribution in [0.2, 0.25) is 0 Å². The van der Waals surface area contributed by atoms with Gasteiger partial charge >= 0.3 is 0 Å². The van der Waals surface area contributed by atoms with E-state index in [0.29, 0.717) is 16.0 Å². The maximum absolute atomic E-state index is 10.8. The Morgan fingerprint density at radius 3 is 3.06 bits per heavy atom. The van der Waals surface area contributed by atoms with Crippen LogP contribution in [-0.4, -0.2) is 21.1 Å². The minimum atomic E-state index is -0.115. The summed E-state index contributed by atoms with van der Waals surface area (Å²) < 4.78 is 0.816. The number of carbonyl (C=O) groups is 1. The second-order valence-corrected chi connectivity index (χ2v) is 6.11. The van der Waals surface area contributed by atoms with E-state index in [0.717, 1.165) is 10.0 Å². The number of nitrogen functional groups attached to an aromatic ring is 1. The van der Waals surface area contributed by atoms with Gasteiger partial charge in [-0.2, -0.15) is 0 Å². The molecule has 90 valence electrons. The molecule has 0 bridgehead atoms. The number of thioether (sulfide) groups is 1. The van der Waals surface area contributed by atoms with Crippen LogP contribution < -0.4 is 11.1 Å². The van der Waals surface area contributed by atoms with Gasteiger partial charge in [-0.3, -0.25) is 4.79 Å². The Bertz CT molecular complexity index is 523. The van der Waals surface area contributed by atoms with Gasteiger partial charge in [0.25, 0.3) is 0 Å². The number of anilines is 2. The highest BCUT2D eigenvalue weighted by Crippen LogP contribution is 2.28. The fourth-order valence-electron chi connectivity index (χ4n) is 0.996. The molecule has 3 N–H and O–H groups in total. The molecule has 17 heavy (non-hydrogen) atoms. The van der Waals surface area contributed by atoms with Crippen LogP contribution >= 0.6 is 34.4 Å². The lowest BCUT2D eigenvalue weighted by molar-refractivity contribution is -0.114. The predicted octanol–water partition coefficient (Wildman–Crippen LogP) is 1.83. The molecule has 0 aliphatic rings. The second-order valence-electron chi connectivity index (χ2n) is 3.02. The number of aromatic nitrogens is 3. The molecule has 0 fully saturated rings. The normalized spacial score (nSPS) is 10.4. The smallest absolute Gasteiger partial charge is 0.223 e. The van der Waals surface area contributed by atoms with E-state index in [1.807, 2.05) is 5.38 Å². The first-order valence-corrected chi connectivity index (χ1v) is 7.25. The molecule has 2 aromatic rings. The summed E-state index contributed by atoms with van der Waals surface area (Å²) in [5, 5.41) is 13.2. The average molecular weight is 287 g/mol. The van der Waals surface area contributed by atoms with Gasteiger partial charge in [0.2, 0.25) is 11.0 Å². The van der Waals surface area contributed by atoms with Gasteiger partial charge in [0.15, 0.2) is 9.47 Å². The molecule has 2 heterocycles. The zero-order valence-corrected chi connectivity index (χ0v) is 11.3. The van der Waals surface area contributed by atoms with Gasteiger partial charge in [-0.05, 0) is 0 Å². The highest BCUT2D eigenvalue weighted by molar-refractivity contribution is 8.00. The monoisotopic (exact) mass is 287 g/mol. The number of carbonyl (C=O) groups excluding carboxylic acids is 1. The Morgan fingerprint density at radius 2 is 2.41 bits per heavy atom. The van der Waals surface area contributed by atoms with Crippen molar-refractivity contribution in [3.8, 4) is 0 Å². The summed E-state index contributed by atoms with van der Waals surface area (Å²) in [4.78, 5) is 15.1. The maximum Gasteiger partial charge on any atom is 0.223 e. The number of nitrogens with one attached hydrogen (secondary N) is 1. The van der Waals surface area contributed by atoms with E-state index in [-0.39, 0.29) is 5.91 Å². The van der Waals surface area contributed by atoms with Crippen LogP contribution in [0, 0.1) is 0 Å². The molecule has 0 radical (unpaired) electrons. The van der Waals surface area contributed by atoms with E-state index in [1.165, 1.54) is 41.4 Å². The standard InChI is InChI=1S/C8H9N5OS3/c1-4(14)10-7-11-5(2-15-7)3-16-8-13-12-6(9)17-8/h2H,3H2,1H3,(H2,9,12)(H,10,11,14). The van der Waals surface area contributed by atoms with Crippen molar-refractivity contribution in [2.75, 3.05) is 11.1 Å².